The van der Waals surface area contributed by atoms with Crippen LogP contribution in [0.1, 0.15) is 18.1 Å². The van der Waals surface area contributed by atoms with Gasteiger partial charge in [0.05, 0.1) is 11.4 Å². The molecule has 0 saturated carbocycles. The van der Waals surface area contributed by atoms with Crippen LogP contribution < -0.4 is 9.46 Å². The molecule has 10 heteroatoms. The van der Waals surface area contributed by atoms with Crippen molar-refractivity contribution in [3.8, 4) is 17.6 Å². The molecule has 0 amide bonds. The molecule has 1 atom stereocenters. The quantitative estimate of drug-likeness (QED) is 0.273. The molecule has 7 nitrogen and oxygen atoms in total. The molecule has 1 heterocycles. The molecule has 1 aromatic heterocycles. The minimum atomic E-state index is -4.17. The number of hydrogen-bond acceptors (Lipinski definition) is 4. The van der Waals surface area contributed by atoms with Crippen molar-refractivity contribution in [3.05, 3.63) is 94.9 Å². The number of carboxylic acids is 1. The van der Waals surface area contributed by atoms with Crippen LogP contribution in [0.4, 0.5) is 4.39 Å². The first-order valence-corrected chi connectivity index (χ1v) is 13.4. The second-order valence-corrected chi connectivity index (χ2v) is 10.6. The van der Waals surface area contributed by atoms with Crippen LogP contribution in [-0.4, -0.2) is 36.7 Å². The number of benzene rings is 3. The molecule has 38 heavy (non-hydrogen) atoms. The summed E-state index contributed by atoms with van der Waals surface area (Å²) in [5.74, 6) is 4.16. The van der Waals surface area contributed by atoms with Crippen molar-refractivity contribution >= 4 is 38.5 Å². The number of nitrogens with zero attached hydrogens (tertiary/aromatic N) is 1. The van der Waals surface area contributed by atoms with E-state index in [4.69, 9.17) is 16.3 Å². The summed E-state index contributed by atoms with van der Waals surface area (Å²) in [4.78, 5) is 12.0. The minimum Gasteiger partial charge on any atom is -0.481 e. The number of fused-ring (bicyclic) bond motifs is 1. The van der Waals surface area contributed by atoms with Gasteiger partial charge in [-0.3, -0.25) is 4.79 Å². The summed E-state index contributed by atoms with van der Waals surface area (Å²) in [6.07, 6.45) is 1.54. The average Bonchev–Trinajstić information content (AvgIpc) is 3.21. The Kier molecular flexibility index (Phi) is 8.37. The van der Waals surface area contributed by atoms with E-state index in [2.05, 4.69) is 16.6 Å². The van der Waals surface area contributed by atoms with E-state index in [1.807, 2.05) is 0 Å². The lowest BCUT2D eigenvalue weighted by Gasteiger charge is -2.15. The van der Waals surface area contributed by atoms with E-state index in [0.717, 1.165) is 0 Å². The third-order valence-electron chi connectivity index (χ3n) is 5.87. The maximum atomic E-state index is 14.3. The van der Waals surface area contributed by atoms with Crippen LogP contribution in [0.25, 0.3) is 10.9 Å². The Hall–Kier alpha value is -3.84. The summed E-state index contributed by atoms with van der Waals surface area (Å²) in [6.45, 7) is 2.04. The van der Waals surface area contributed by atoms with E-state index in [-0.39, 0.29) is 30.3 Å². The number of carboxylic acid groups (broad SMARTS) is 1. The smallest absolute Gasteiger partial charge is 0.322 e. The van der Waals surface area contributed by atoms with E-state index in [0.29, 0.717) is 32.8 Å². The first-order valence-electron chi connectivity index (χ1n) is 11.6. The Morgan fingerprint density at radius 3 is 2.55 bits per heavy atom. The fourth-order valence-electron chi connectivity index (χ4n) is 4.01. The maximum Gasteiger partial charge on any atom is 0.322 e. The summed E-state index contributed by atoms with van der Waals surface area (Å²) in [5.41, 5.74) is 1.72. The van der Waals surface area contributed by atoms with Crippen LogP contribution in [0.5, 0.6) is 5.75 Å². The normalized spacial score (nSPS) is 12.1. The van der Waals surface area contributed by atoms with Crippen molar-refractivity contribution in [1.82, 2.24) is 9.29 Å². The largest absolute Gasteiger partial charge is 0.481 e. The van der Waals surface area contributed by atoms with E-state index in [9.17, 15) is 22.7 Å². The van der Waals surface area contributed by atoms with Gasteiger partial charge in [0, 0.05) is 34.1 Å². The summed E-state index contributed by atoms with van der Waals surface area (Å²) in [7, 11) is -4.17. The predicted molar refractivity (Wildman–Crippen MR) is 143 cm³/mol. The third-order valence-corrected chi connectivity index (χ3v) is 7.59. The van der Waals surface area contributed by atoms with Gasteiger partial charge in [-0.15, -0.1) is 5.92 Å². The van der Waals surface area contributed by atoms with Gasteiger partial charge in [-0.25, -0.2) is 12.8 Å². The molecule has 0 radical (unpaired) electrons. The number of sulfonamides is 1. The fraction of sp³-hybridized carbons (Fsp3) is 0.179. The molecule has 0 spiro atoms. The lowest BCUT2D eigenvalue weighted by Crippen LogP contribution is -2.42. The first-order chi connectivity index (χ1) is 18.2. The highest BCUT2D eigenvalue weighted by Crippen LogP contribution is 2.28. The molecule has 3 aromatic carbocycles. The van der Waals surface area contributed by atoms with E-state index in [1.165, 1.54) is 30.3 Å². The zero-order valence-corrected chi connectivity index (χ0v) is 21.9. The number of nitrogens with one attached hydrogen (secondary N) is 1. The van der Waals surface area contributed by atoms with Crippen molar-refractivity contribution in [2.75, 3.05) is 6.61 Å². The molecule has 0 aliphatic heterocycles. The average molecular weight is 555 g/mol. The highest BCUT2D eigenvalue weighted by Gasteiger charge is 2.27. The molecule has 196 valence electrons. The van der Waals surface area contributed by atoms with Gasteiger partial charge in [-0.1, -0.05) is 35.7 Å². The lowest BCUT2D eigenvalue weighted by molar-refractivity contribution is -0.138. The van der Waals surface area contributed by atoms with Crippen molar-refractivity contribution in [2.45, 2.75) is 30.8 Å². The number of aliphatic carboxylic acids is 1. The molecular weight excluding hydrogens is 531 g/mol. The fourth-order valence-corrected chi connectivity index (χ4v) is 5.37. The zero-order valence-electron chi connectivity index (χ0n) is 20.3. The molecule has 0 saturated heterocycles. The third kappa shape index (κ3) is 6.34. The van der Waals surface area contributed by atoms with E-state index in [1.54, 1.807) is 54.1 Å². The number of rotatable bonds is 10. The SMILES string of the molecule is CC#CCOc1ccc(S(=O)(=O)NC(Cc2cn(Cc3ccccc3F)c3ccc(Cl)cc23)C(=O)O)cc1. The molecule has 0 aliphatic rings. The highest BCUT2D eigenvalue weighted by molar-refractivity contribution is 7.89. The summed E-state index contributed by atoms with van der Waals surface area (Å²) in [5, 5.41) is 11.0. The van der Waals surface area contributed by atoms with Gasteiger partial charge in [-0.2, -0.15) is 4.72 Å². The van der Waals surface area contributed by atoms with E-state index >= 15 is 0 Å². The Labute approximate surface area is 224 Å². The van der Waals surface area contributed by atoms with Gasteiger partial charge in [0.15, 0.2) is 0 Å². The van der Waals surface area contributed by atoms with E-state index < -0.39 is 22.0 Å². The van der Waals surface area contributed by atoms with Crippen molar-refractivity contribution in [3.63, 3.8) is 0 Å². The van der Waals surface area contributed by atoms with Gasteiger partial charge in [0.2, 0.25) is 10.0 Å². The second-order valence-electron chi connectivity index (χ2n) is 8.44. The summed E-state index contributed by atoms with van der Waals surface area (Å²) in [6, 6.07) is 15.6. The molecule has 4 rings (SSSR count). The molecule has 0 bridgehead atoms. The van der Waals surface area contributed by atoms with Crippen LogP contribution in [0, 0.1) is 17.7 Å². The van der Waals surface area contributed by atoms with Gasteiger partial charge in [-0.05, 0) is 61.0 Å². The van der Waals surface area contributed by atoms with Crippen LogP contribution in [0.2, 0.25) is 5.02 Å². The number of hydrogen-bond donors (Lipinski definition) is 2. The highest BCUT2D eigenvalue weighted by atomic mass is 35.5. The second kappa shape index (κ2) is 11.7. The van der Waals surface area contributed by atoms with Crippen LogP contribution in [0.3, 0.4) is 0 Å². The molecule has 0 fully saturated rings. The monoisotopic (exact) mass is 554 g/mol. The van der Waals surface area contributed by atoms with Crippen LogP contribution >= 0.6 is 11.6 Å². The van der Waals surface area contributed by atoms with Crippen LogP contribution in [-0.2, 0) is 27.8 Å². The molecule has 1 unspecified atom stereocenters. The van der Waals surface area contributed by atoms with Gasteiger partial charge in [0.25, 0.3) is 0 Å². The van der Waals surface area contributed by atoms with Crippen molar-refractivity contribution in [2.24, 2.45) is 0 Å². The number of halogens is 2. The zero-order chi connectivity index (χ0) is 27.3. The Morgan fingerprint density at radius 1 is 1.13 bits per heavy atom. The Bertz CT molecular complexity index is 1640. The molecule has 2 N–H and O–H groups in total. The topological polar surface area (TPSA) is 97.6 Å². The number of aromatic nitrogens is 1. The lowest BCUT2D eigenvalue weighted by atomic mass is 10.1. The van der Waals surface area contributed by atoms with Gasteiger partial charge in [0.1, 0.15) is 24.2 Å². The van der Waals surface area contributed by atoms with Gasteiger partial charge < -0.3 is 14.4 Å². The van der Waals surface area contributed by atoms with Gasteiger partial charge >= 0.3 is 5.97 Å². The summed E-state index contributed by atoms with van der Waals surface area (Å²) >= 11 is 6.21. The Balaban J connectivity index is 1.60. The standard InChI is InChI=1S/C28H24ClFN2O5S/c1-2-3-14-37-22-9-11-23(12-10-22)38(35,36)31-26(28(33)34)15-20-18-32(17-19-6-4-5-7-25(19)30)27-13-8-21(29)16-24(20)27/h4-13,16,18,26,31H,14-15,17H2,1H3,(H,33,34). The van der Waals surface area contributed by atoms with Crippen molar-refractivity contribution < 1.29 is 27.4 Å². The number of carbonyl (C=O) groups is 1. The molecule has 0 aliphatic carbocycles. The van der Waals surface area contributed by atoms with Crippen molar-refractivity contribution in [1.29, 1.82) is 0 Å². The minimum absolute atomic E-state index is 0.109. The molecule has 4 aromatic rings. The first kappa shape index (κ1) is 27.2. The number of ether oxygens (including phenoxy) is 1. The van der Waals surface area contributed by atoms with Crippen LogP contribution in [0.15, 0.2) is 77.8 Å². The maximum absolute atomic E-state index is 14.3. The molecular formula is C28H24ClFN2O5S. The summed E-state index contributed by atoms with van der Waals surface area (Å²) < 4.78 is 49.8. The predicted octanol–water partition coefficient (Wildman–Crippen LogP) is 4.86. The Morgan fingerprint density at radius 2 is 1.87 bits per heavy atom.